The van der Waals surface area contributed by atoms with Crippen LogP contribution in [0.2, 0.25) is 10.0 Å². The highest BCUT2D eigenvalue weighted by Crippen LogP contribution is 2.32. The van der Waals surface area contributed by atoms with E-state index in [0.29, 0.717) is 44.8 Å². The van der Waals surface area contributed by atoms with E-state index in [1.165, 1.54) is 16.9 Å². The standard InChI is InChI=1S/C33H28Cl2N4O3S/c1-2-29(31(40)38-33-37-28(19-43-33)21-12-13-24(34)25(35)16-21)42-32(41)30-22-10-6-7-11-26(22)36-27-14-15-39(18-23(27)30)17-20-8-4-3-5-9-20/h3-13,16,19,29H,2,14-15,17-18H2,1H3,(H,37,38,40). The summed E-state index contributed by atoms with van der Waals surface area (Å²) in [6, 6.07) is 23.1. The zero-order chi connectivity index (χ0) is 29.9. The predicted molar refractivity (Wildman–Crippen MR) is 172 cm³/mol. The lowest BCUT2D eigenvalue weighted by Gasteiger charge is -2.30. The van der Waals surface area contributed by atoms with E-state index in [1.807, 2.05) is 60.8 Å². The van der Waals surface area contributed by atoms with Crippen LogP contribution in [0.1, 0.15) is 40.5 Å². The largest absolute Gasteiger partial charge is 0.449 e. The van der Waals surface area contributed by atoms with Gasteiger partial charge in [0, 0.05) is 53.6 Å². The van der Waals surface area contributed by atoms with Crippen LogP contribution < -0.4 is 5.32 Å². The van der Waals surface area contributed by atoms with Crippen molar-refractivity contribution in [3.63, 3.8) is 0 Å². The second-order valence-electron chi connectivity index (χ2n) is 10.3. The molecule has 1 aliphatic heterocycles. The number of nitrogens with zero attached hydrogens (tertiary/aromatic N) is 3. The average molecular weight is 632 g/mol. The van der Waals surface area contributed by atoms with E-state index in [0.717, 1.165) is 41.8 Å². The monoisotopic (exact) mass is 630 g/mol. The number of pyridine rings is 1. The number of nitrogens with one attached hydrogen (secondary N) is 1. The number of fused-ring (bicyclic) bond motifs is 2. The molecule has 0 saturated carbocycles. The first-order valence-electron chi connectivity index (χ1n) is 14.0. The predicted octanol–water partition coefficient (Wildman–Crippen LogP) is 7.80. The van der Waals surface area contributed by atoms with Crippen LogP contribution in [0.25, 0.3) is 22.2 Å². The number of para-hydroxylation sites is 1. The number of anilines is 1. The number of amides is 1. The van der Waals surface area contributed by atoms with Gasteiger partial charge in [-0.3, -0.25) is 20.0 Å². The van der Waals surface area contributed by atoms with Crippen molar-refractivity contribution < 1.29 is 14.3 Å². The number of carbonyl (C=O) groups excluding carboxylic acids is 2. The summed E-state index contributed by atoms with van der Waals surface area (Å²) >= 11 is 13.5. The van der Waals surface area contributed by atoms with Gasteiger partial charge >= 0.3 is 5.97 Å². The third-order valence-electron chi connectivity index (χ3n) is 7.44. The topological polar surface area (TPSA) is 84.4 Å². The lowest BCUT2D eigenvalue weighted by atomic mass is 9.95. The summed E-state index contributed by atoms with van der Waals surface area (Å²) in [5.41, 5.74) is 5.59. The minimum atomic E-state index is -1.00. The molecule has 0 fully saturated rings. The van der Waals surface area contributed by atoms with Crippen molar-refractivity contribution in [2.24, 2.45) is 0 Å². The molecule has 3 heterocycles. The Bertz CT molecular complexity index is 1810. The lowest BCUT2D eigenvalue weighted by Crippen LogP contribution is -2.34. The Hall–Kier alpha value is -3.82. The molecule has 0 radical (unpaired) electrons. The molecule has 1 N–H and O–H groups in total. The number of hydrogen-bond donors (Lipinski definition) is 1. The van der Waals surface area contributed by atoms with Gasteiger partial charge in [-0.2, -0.15) is 0 Å². The molecule has 0 spiro atoms. The number of ether oxygens (including phenoxy) is 1. The van der Waals surface area contributed by atoms with E-state index in [1.54, 1.807) is 12.1 Å². The van der Waals surface area contributed by atoms with Crippen LogP contribution in [0.15, 0.2) is 78.2 Å². The van der Waals surface area contributed by atoms with Crippen molar-refractivity contribution in [1.29, 1.82) is 0 Å². The number of halogens is 2. The van der Waals surface area contributed by atoms with E-state index in [-0.39, 0.29) is 0 Å². The molecule has 3 aromatic carbocycles. The molecule has 1 amide bonds. The molecule has 43 heavy (non-hydrogen) atoms. The van der Waals surface area contributed by atoms with Crippen LogP contribution in [0.5, 0.6) is 0 Å². The first-order chi connectivity index (χ1) is 20.9. The molecule has 7 nitrogen and oxygen atoms in total. The maximum Gasteiger partial charge on any atom is 0.340 e. The van der Waals surface area contributed by atoms with Gasteiger partial charge < -0.3 is 4.74 Å². The zero-order valence-electron chi connectivity index (χ0n) is 23.3. The van der Waals surface area contributed by atoms with Crippen molar-refractivity contribution in [3.05, 3.63) is 111 Å². The summed E-state index contributed by atoms with van der Waals surface area (Å²) in [7, 11) is 0. The molecule has 1 unspecified atom stereocenters. The third kappa shape index (κ3) is 6.43. The van der Waals surface area contributed by atoms with Gasteiger partial charge in [0.2, 0.25) is 0 Å². The van der Waals surface area contributed by atoms with Gasteiger partial charge in [0.1, 0.15) is 0 Å². The van der Waals surface area contributed by atoms with Gasteiger partial charge in [0.25, 0.3) is 5.91 Å². The first kappa shape index (κ1) is 29.3. The van der Waals surface area contributed by atoms with Crippen LogP contribution in [0.3, 0.4) is 0 Å². The minimum Gasteiger partial charge on any atom is -0.449 e. The highest BCUT2D eigenvalue weighted by Gasteiger charge is 2.30. The summed E-state index contributed by atoms with van der Waals surface area (Å²) < 4.78 is 5.92. The highest BCUT2D eigenvalue weighted by molar-refractivity contribution is 7.14. The van der Waals surface area contributed by atoms with Gasteiger partial charge in [-0.05, 0) is 30.2 Å². The van der Waals surface area contributed by atoms with Crippen molar-refractivity contribution in [2.75, 3.05) is 11.9 Å². The lowest BCUT2D eigenvalue weighted by molar-refractivity contribution is -0.124. The second kappa shape index (κ2) is 12.8. The maximum atomic E-state index is 13.9. The summed E-state index contributed by atoms with van der Waals surface area (Å²) in [4.78, 5) is 38.9. The Morgan fingerprint density at radius 2 is 1.81 bits per heavy atom. The molecule has 10 heteroatoms. The van der Waals surface area contributed by atoms with Gasteiger partial charge in [-0.15, -0.1) is 11.3 Å². The molecule has 6 rings (SSSR count). The molecular weight excluding hydrogens is 603 g/mol. The number of carbonyl (C=O) groups is 2. The summed E-state index contributed by atoms with van der Waals surface area (Å²) in [6.07, 6.45) is 0.0147. The Kier molecular flexibility index (Phi) is 8.72. The van der Waals surface area contributed by atoms with Gasteiger partial charge in [0.15, 0.2) is 11.2 Å². The van der Waals surface area contributed by atoms with E-state index in [9.17, 15) is 9.59 Å². The smallest absolute Gasteiger partial charge is 0.340 e. The first-order valence-corrected chi connectivity index (χ1v) is 15.6. The van der Waals surface area contributed by atoms with Crippen molar-refractivity contribution in [1.82, 2.24) is 14.9 Å². The van der Waals surface area contributed by atoms with Gasteiger partial charge in [-0.1, -0.05) is 84.7 Å². The third-order valence-corrected chi connectivity index (χ3v) is 8.94. The number of hydrogen-bond acceptors (Lipinski definition) is 7. The maximum absolute atomic E-state index is 13.9. The van der Waals surface area contributed by atoms with E-state index < -0.39 is 18.0 Å². The average Bonchev–Trinajstić information content (AvgIpc) is 3.48. The fourth-order valence-electron chi connectivity index (χ4n) is 5.27. The van der Waals surface area contributed by atoms with Crippen molar-refractivity contribution in [2.45, 2.75) is 39.0 Å². The SMILES string of the molecule is CCC(OC(=O)c1c2c(nc3ccccc13)CCN(Cc1ccccc1)C2)C(=O)Nc1nc(-c2ccc(Cl)c(Cl)c2)cs1. The highest BCUT2D eigenvalue weighted by atomic mass is 35.5. The fourth-order valence-corrected chi connectivity index (χ4v) is 6.29. The normalized spacial score (nSPS) is 13.8. The Morgan fingerprint density at radius 3 is 2.60 bits per heavy atom. The van der Waals surface area contributed by atoms with Crippen LogP contribution in [-0.4, -0.2) is 39.4 Å². The summed E-state index contributed by atoms with van der Waals surface area (Å²) in [5.74, 6) is -0.974. The number of esters is 1. The van der Waals surface area contributed by atoms with Crippen LogP contribution in [-0.2, 0) is 29.0 Å². The Labute approximate surface area is 263 Å². The van der Waals surface area contributed by atoms with E-state index in [2.05, 4.69) is 27.3 Å². The molecule has 2 aromatic heterocycles. The molecule has 0 aliphatic carbocycles. The molecule has 0 bridgehead atoms. The van der Waals surface area contributed by atoms with E-state index >= 15 is 0 Å². The van der Waals surface area contributed by atoms with Gasteiger partial charge in [0.05, 0.1) is 26.8 Å². The van der Waals surface area contributed by atoms with Crippen molar-refractivity contribution in [3.8, 4) is 11.3 Å². The number of rotatable bonds is 8. The van der Waals surface area contributed by atoms with Crippen LogP contribution in [0, 0.1) is 0 Å². The van der Waals surface area contributed by atoms with Gasteiger partial charge in [-0.25, -0.2) is 9.78 Å². The Balaban J connectivity index is 1.22. The molecule has 218 valence electrons. The summed E-state index contributed by atoms with van der Waals surface area (Å²) in [6.45, 7) is 3.97. The molecule has 1 aliphatic rings. The molecule has 5 aromatic rings. The molecule has 0 saturated heterocycles. The van der Waals surface area contributed by atoms with Crippen LogP contribution in [0.4, 0.5) is 5.13 Å². The summed E-state index contributed by atoms with van der Waals surface area (Å²) in [5, 5.41) is 6.61. The Morgan fingerprint density at radius 1 is 1.02 bits per heavy atom. The molecular formula is C33H28Cl2N4O3S. The van der Waals surface area contributed by atoms with Crippen LogP contribution >= 0.6 is 34.5 Å². The molecule has 1 atom stereocenters. The number of aromatic nitrogens is 2. The minimum absolute atomic E-state index is 0.300. The fraction of sp³-hybridized carbons (Fsp3) is 0.212. The zero-order valence-corrected chi connectivity index (χ0v) is 25.7. The van der Waals surface area contributed by atoms with Crippen molar-refractivity contribution >= 4 is 62.4 Å². The number of benzene rings is 3. The van der Waals surface area contributed by atoms with E-state index in [4.69, 9.17) is 32.9 Å². The second-order valence-corrected chi connectivity index (χ2v) is 12.0. The number of thiazole rings is 1. The quantitative estimate of drug-likeness (QED) is 0.176.